The fourth-order valence-corrected chi connectivity index (χ4v) is 6.24. The first-order valence-electron chi connectivity index (χ1n) is 10.1. The molecule has 0 unspecified atom stereocenters. The summed E-state index contributed by atoms with van der Waals surface area (Å²) in [6.45, 7) is 3.54. The van der Waals surface area contributed by atoms with E-state index in [0.717, 1.165) is 47.8 Å². The Balaban J connectivity index is 1.31. The Kier molecular flexibility index (Phi) is 9.35. The highest BCUT2D eigenvalue weighted by Gasteiger charge is 2.22. The first-order valence-corrected chi connectivity index (χ1v) is 12.8. The van der Waals surface area contributed by atoms with E-state index in [1.165, 1.54) is 9.77 Å². The van der Waals surface area contributed by atoms with Crippen molar-refractivity contribution < 1.29 is 28.5 Å². The fraction of sp³-hybridized carbons (Fsp3) is 0.524. The number of thiophene rings is 2. The standard InChI is InChI=1S/C21H26O6S3/c1-2-24-17(22)13-18(23)26-8-5-3-4-6-11-28-16-7-12-29-20(16)21-19-15(14-30-21)25-9-10-27-19/h7,12,14H,2-6,8-11,13H2,1H3. The minimum atomic E-state index is -0.533. The number of fused-ring (bicyclic) bond motifs is 1. The molecule has 0 aromatic carbocycles. The van der Waals surface area contributed by atoms with Crippen LogP contribution in [0.15, 0.2) is 21.7 Å². The summed E-state index contributed by atoms with van der Waals surface area (Å²) in [5.74, 6) is 1.73. The van der Waals surface area contributed by atoms with Gasteiger partial charge < -0.3 is 18.9 Å². The molecule has 9 heteroatoms. The number of rotatable bonds is 12. The maximum Gasteiger partial charge on any atom is 0.317 e. The molecule has 0 amide bonds. The highest BCUT2D eigenvalue weighted by atomic mass is 32.2. The van der Waals surface area contributed by atoms with Gasteiger partial charge in [0.05, 0.1) is 23.0 Å². The molecule has 0 spiro atoms. The lowest BCUT2D eigenvalue weighted by molar-refractivity contribution is -0.154. The molecular formula is C21H26O6S3. The molecule has 1 aliphatic heterocycles. The maximum atomic E-state index is 11.5. The summed E-state index contributed by atoms with van der Waals surface area (Å²) in [5.41, 5.74) is 0. The fourth-order valence-electron chi connectivity index (χ4n) is 2.90. The van der Waals surface area contributed by atoms with E-state index in [2.05, 4.69) is 11.4 Å². The number of thioether (sulfide) groups is 1. The van der Waals surface area contributed by atoms with Gasteiger partial charge in [-0.15, -0.1) is 34.4 Å². The molecule has 0 radical (unpaired) electrons. The molecule has 0 bridgehead atoms. The van der Waals surface area contributed by atoms with Gasteiger partial charge in [-0.05, 0) is 37.0 Å². The van der Waals surface area contributed by atoms with Crippen LogP contribution >= 0.6 is 34.4 Å². The Morgan fingerprint density at radius 3 is 2.70 bits per heavy atom. The van der Waals surface area contributed by atoms with E-state index in [1.54, 1.807) is 29.6 Å². The van der Waals surface area contributed by atoms with Gasteiger partial charge in [-0.1, -0.05) is 12.8 Å². The maximum absolute atomic E-state index is 11.5. The van der Waals surface area contributed by atoms with Crippen LogP contribution in [0.25, 0.3) is 9.75 Å². The minimum absolute atomic E-state index is 0.273. The molecule has 0 N–H and O–H groups in total. The highest BCUT2D eigenvalue weighted by molar-refractivity contribution is 7.99. The summed E-state index contributed by atoms with van der Waals surface area (Å²) in [4.78, 5) is 26.4. The van der Waals surface area contributed by atoms with Crippen LogP contribution in [0.3, 0.4) is 0 Å². The van der Waals surface area contributed by atoms with E-state index >= 15 is 0 Å². The monoisotopic (exact) mass is 470 g/mol. The molecule has 0 aliphatic carbocycles. The second-order valence-electron chi connectivity index (χ2n) is 6.53. The highest BCUT2D eigenvalue weighted by Crippen LogP contribution is 2.50. The van der Waals surface area contributed by atoms with Crippen LogP contribution in [-0.4, -0.2) is 44.1 Å². The van der Waals surface area contributed by atoms with Crippen molar-refractivity contribution in [2.45, 2.75) is 43.9 Å². The number of carbonyl (C=O) groups excluding carboxylic acids is 2. The Bertz CT molecular complexity index is 829. The van der Waals surface area contributed by atoms with Crippen LogP contribution < -0.4 is 9.47 Å². The molecule has 3 heterocycles. The predicted octanol–water partition coefficient (Wildman–Crippen LogP) is 5.40. The zero-order valence-corrected chi connectivity index (χ0v) is 19.4. The van der Waals surface area contributed by atoms with E-state index in [-0.39, 0.29) is 13.0 Å². The van der Waals surface area contributed by atoms with Crippen LogP contribution in [0.2, 0.25) is 0 Å². The number of esters is 2. The number of unbranched alkanes of at least 4 members (excludes halogenated alkanes) is 3. The van der Waals surface area contributed by atoms with Crippen molar-refractivity contribution in [1.82, 2.24) is 0 Å². The first-order chi connectivity index (χ1) is 14.7. The normalized spacial score (nSPS) is 12.6. The van der Waals surface area contributed by atoms with Crippen LogP contribution in [0.1, 0.15) is 39.0 Å². The van der Waals surface area contributed by atoms with E-state index in [4.69, 9.17) is 18.9 Å². The van der Waals surface area contributed by atoms with Crippen molar-refractivity contribution in [2.24, 2.45) is 0 Å². The van der Waals surface area contributed by atoms with Gasteiger partial charge in [-0.25, -0.2) is 0 Å². The smallest absolute Gasteiger partial charge is 0.317 e. The molecular weight excluding hydrogens is 444 g/mol. The number of carbonyl (C=O) groups is 2. The molecule has 2 aromatic rings. The molecule has 0 saturated heterocycles. The van der Waals surface area contributed by atoms with Crippen molar-refractivity contribution in [3.8, 4) is 21.3 Å². The minimum Gasteiger partial charge on any atom is -0.485 e. The number of hydrogen-bond donors (Lipinski definition) is 0. The molecule has 2 aromatic heterocycles. The van der Waals surface area contributed by atoms with Crippen molar-refractivity contribution >= 4 is 46.4 Å². The van der Waals surface area contributed by atoms with Gasteiger partial charge in [0.2, 0.25) is 0 Å². The molecule has 0 atom stereocenters. The van der Waals surface area contributed by atoms with E-state index in [1.807, 2.05) is 17.1 Å². The molecule has 3 rings (SSSR count). The molecule has 164 valence electrons. The molecule has 0 fully saturated rings. The van der Waals surface area contributed by atoms with Gasteiger partial charge >= 0.3 is 11.9 Å². The molecule has 0 saturated carbocycles. The Hall–Kier alpha value is -1.71. The van der Waals surface area contributed by atoms with E-state index in [9.17, 15) is 9.59 Å². The molecule has 30 heavy (non-hydrogen) atoms. The summed E-state index contributed by atoms with van der Waals surface area (Å²) in [6.07, 6.45) is 3.67. The molecule has 6 nitrogen and oxygen atoms in total. The SMILES string of the molecule is CCOC(=O)CC(=O)OCCCCCCSc1ccsc1-c1scc2c1OCCO2. The summed E-state index contributed by atoms with van der Waals surface area (Å²) in [7, 11) is 0. The quantitative estimate of drug-likeness (QED) is 0.178. The second-order valence-corrected chi connectivity index (χ2v) is 9.47. The summed E-state index contributed by atoms with van der Waals surface area (Å²) in [5, 5.41) is 4.15. The summed E-state index contributed by atoms with van der Waals surface area (Å²) < 4.78 is 21.3. The Morgan fingerprint density at radius 2 is 1.83 bits per heavy atom. The predicted molar refractivity (Wildman–Crippen MR) is 120 cm³/mol. The van der Waals surface area contributed by atoms with E-state index < -0.39 is 11.9 Å². The van der Waals surface area contributed by atoms with Crippen LogP contribution in [0.5, 0.6) is 11.5 Å². The zero-order valence-electron chi connectivity index (χ0n) is 17.0. The summed E-state index contributed by atoms with van der Waals surface area (Å²) in [6, 6.07) is 2.17. The zero-order chi connectivity index (χ0) is 21.2. The van der Waals surface area contributed by atoms with Gasteiger partial charge in [-0.2, -0.15) is 0 Å². The Morgan fingerprint density at radius 1 is 1.03 bits per heavy atom. The largest absolute Gasteiger partial charge is 0.485 e. The van der Waals surface area contributed by atoms with Gasteiger partial charge in [0.25, 0.3) is 0 Å². The average molecular weight is 471 g/mol. The van der Waals surface area contributed by atoms with Crippen LogP contribution in [0.4, 0.5) is 0 Å². The van der Waals surface area contributed by atoms with Gasteiger partial charge in [0, 0.05) is 10.3 Å². The van der Waals surface area contributed by atoms with Crippen molar-refractivity contribution in [3.63, 3.8) is 0 Å². The average Bonchev–Trinajstić information content (AvgIpc) is 3.36. The van der Waals surface area contributed by atoms with Gasteiger partial charge in [-0.3, -0.25) is 9.59 Å². The van der Waals surface area contributed by atoms with Crippen molar-refractivity contribution in [2.75, 3.05) is 32.2 Å². The third-order valence-electron chi connectivity index (χ3n) is 4.29. The lowest BCUT2D eigenvalue weighted by Gasteiger charge is -2.16. The lowest BCUT2D eigenvalue weighted by atomic mass is 10.2. The second kappa shape index (κ2) is 12.2. The van der Waals surface area contributed by atoms with Gasteiger partial charge in [0.1, 0.15) is 19.6 Å². The third-order valence-corrected chi connectivity index (χ3v) is 7.58. The van der Waals surface area contributed by atoms with Crippen LogP contribution in [-0.2, 0) is 19.1 Å². The number of ether oxygens (including phenoxy) is 4. The first kappa shape index (κ1) is 23.0. The van der Waals surface area contributed by atoms with Crippen molar-refractivity contribution in [1.29, 1.82) is 0 Å². The van der Waals surface area contributed by atoms with E-state index in [0.29, 0.717) is 19.8 Å². The van der Waals surface area contributed by atoms with Crippen molar-refractivity contribution in [3.05, 3.63) is 16.8 Å². The third kappa shape index (κ3) is 6.65. The lowest BCUT2D eigenvalue weighted by Crippen LogP contribution is -2.14. The summed E-state index contributed by atoms with van der Waals surface area (Å²) >= 11 is 5.28. The molecule has 1 aliphatic rings. The van der Waals surface area contributed by atoms with Gasteiger partial charge in [0.15, 0.2) is 11.5 Å². The number of hydrogen-bond acceptors (Lipinski definition) is 9. The Labute approximate surface area is 188 Å². The van der Waals surface area contributed by atoms with Crippen LogP contribution in [0, 0.1) is 0 Å². The topological polar surface area (TPSA) is 71.1 Å².